The quantitative estimate of drug-likeness (QED) is 0.212. The van der Waals surface area contributed by atoms with E-state index in [4.69, 9.17) is 0 Å². The molecule has 1 fully saturated rings. The summed E-state index contributed by atoms with van der Waals surface area (Å²) in [5, 5.41) is 0. The van der Waals surface area contributed by atoms with Crippen LogP contribution in [0.25, 0.3) is 6.08 Å². The highest BCUT2D eigenvalue weighted by Gasteiger charge is 2.15. The number of carbonyl (C=O) groups excluding carboxylic acids is 1. The largest absolute Gasteiger partial charge is 0.338 e. The second-order valence-corrected chi connectivity index (χ2v) is 9.84. The van der Waals surface area contributed by atoms with Crippen molar-refractivity contribution in [1.82, 2.24) is 9.80 Å². The van der Waals surface area contributed by atoms with Gasteiger partial charge in [0.15, 0.2) is 0 Å². The molecule has 1 amide bonds. The summed E-state index contributed by atoms with van der Waals surface area (Å²) in [6, 6.07) is 10.4. The van der Waals surface area contributed by atoms with Gasteiger partial charge in [-0.05, 0) is 37.9 Å². The average Bonchev–Trinajstić information content (AvgIpc) is 2.85. The molecule has 1 aromatic carbocycles. The van der Waals surface area contributed by atoms with Gasteiger partial charge in [0.25, 0.3) is 0 Å². The fourth-order valence-corrected chi connectivity index (χ4v) is 4.74. The van der Waals surface area contributed by atoms with E-state index in [9.17, 15) is 4.79 Å². The zero-order valence-corrected chi connectivity index (χ0v) is 21.5. The summed E-state index contributed by atoms with van der Waals surface area (Å²) < 4.78 is 0. The molecule has 0 radical (unpaired) electrons. The molecule has 1 aliphatic rings. The third-order valence-electron chi connectivity index (χ3n) is 6.92. The molecule has 2 rings (SSSR count). The van der Waals surface area contributed by atoms with Gasteiger partial charge in [0, 0.05) is 26.1 Å². The third kappa shape index (κ3) is 13.6. The molecule has 0 spiro atoms. The molecule has 0 aliphatic carbocycles. The zero-order valence-electron chi connectivity index (χ0n) is 21.5. The van der Waals surface area contributed by atoms with Crippen LogP contribution in [0.5, 0.6) is 0 Å². The van der Waals surface area contributed by atoms with Crippen LogP contribution >= 0.6 is 0 Å². The zero-order chi connectivity index (χ0) is 23.4. The van der Waals surface area contributed by atoms with Gasteiger partial charge in [0.05, 0.1) is 0 Å². The van der Waals surface area contributed by atoms with E-state index in [1.165, 1.54) is 102 Å². The maximum absolute atomic E-state index is 13.0. The number of benzene rings is 1. The number of nitrogens with zero attached hydrogens (tertiary/aromatic N) is 2. The first kappa shape index (κ1) is 27.6. The van der Waals surface area contributed by atoms with Crippen LogP contribution in [0.2, 0.25) is 0 Å². The highest BCUT2D eigenvalue weighted by molar-refractivity contribution is 5.76. The molecular weight excluding hydrogens is 404 g/mol. The van der Waals surface area contributed by atoms with Crippen molar-refractivity contribution in [3.05, 3.63) is 42.0 Å². The van der Waals surface area contributed by atoms with E-state index in [1.807, 2.05) is 6.07 Å². The van der Waals surface area contributed by atoms with Gasteiger partial charge < -0.3 is 9.80 Å². The first-order valence-electron chi connectivity index (χ1n) is 14.0. The van der Waals surface area contributed by atoms with Gasteiger partial charge in [-0.15, -0.1) is 0 Å². The molecule has 0 unspecified atom stereocenters. The van der Waals surface area contributed by atoms with Crippen LogP contribution in [0, 0.1) is 0 Å². The lowest BCUT2D eigenvalue weighted by molar-refractivity contribution is -0.131. The van der Waals surface area contributed by atoms with Gasteiger partial charge in [-0.25, -0.2) is 0 Å². The molecule has 1 aliphatic heterocycles. The Hall–Kier alpha value is -1.61. The van der Waals surface area contributed by atoms with E-state index in [1.54, 1.807) is 0 Å². The van der Waals surface area contributed by atoms with Crippen molar-refractivity contribution in [2.75, 3.05) is 32.7 Å². The first-order valence-corrected chi connectivity index (χ1v) is 14.0. The fraction of sp³-hybridized carbons (Fsp3) is 0.700. The molecule has 3 heteroatoms. The Morgan fingerprint density at radius 2 is 1.45 bits per heavy atom. The first-order chi connectivity index (χ1) is 16.3. The third-order valence-corrected chi connectivity index (χ3v) is 6.92. The van der Waals surface area contributed by atoms with E-state index in [2.05, 4.69) is 53.1 Å². The van der Waals surface area contributed by atoms with Crippen LogP contribution in [0.3, 0.4) is 0 Å². The number of piperidine rings is 1. The topological polar surface area (TPSA) is 23.6 Å². The van der Waals surface area contributed by atoms with E-state index in [0.29, 0.717) is 12.3 Å². The van der Waals surface area contributed by atoms with Crippen molar-refractivity contribution in [3.8, 4) is 0 Å². The summed E-state index contributed by atoms with van der Waals surface area (Å²) in [5.74, 6) is 0.334. The highest BCUT2D eigenvalue weighted by atomic mass is 16.2. The highest BCUT2D eigenvalue weighted by Crippen LogP contribution is 2.13. The normalized spacial score (nSPS) is 14.7. The second kappa shape index (κ2) is 18.8. The van der Waals surface area contributed by atoms with Crippen LogP contribution in [-0.2, 0) is 4.79 Å². The molecule has 0 N–H and O–H groups in total. The Balaban J connectivity index is 1.65. The molecule has 0 aromatic heterocycles. The van der Waals surface area contributed by atoms with E-state index < -0.39 is 0 Å². The number of unbranched alkanes of at least 4 members (excludes halogenated alkanes) is 10. The van der Waals surface area contributed by atoms with Crippen molar-refractivity contribution in [1.29, 1.82) is 0 Å². The Morgan fingerprint density at radius 3 is 2.09 bits per heavy atom. The number of carbonyl (C=O) groups is 1. The smallest absolute Gasteiger partial charge is 0.222 e. The Bertz CT molecular complexity index is 621. The second-order valence-electron chi connectivity index (χ2n) is 9.84. The van der Waals surface area contributed by atoms with E-state index in [0.717, 1.165) is 26.1 Å². The van der Waals surface area contributed by atoms with E-state index in [-0.39, 0.29) is 0 Å². The molecular formula is C30H50N2O. The summed E-state index contributed by atoms with van der Waals surface area (Å²) in [6.45, 7) is 7.26. The minimum absolute atomic E-state index is 0.334. The average molecular weight is 455 g/mol. The summed E-state index contributed by atoms with van der Waals surface area (Å²) in [4.78, 5) is 17.6. The lowest BCUT2D eigenvalue weighted by Gasteiger charge is -2.29. The Labute approximate surface area is 204 Å². The molecule has 0 atom stereocenters. The summed E-state index contributed by atoms with van der Waals surface area (Å²) in [6.07, 6.45) is 23.5. The SMILES string of the molecule is CCCCCCCCCCCCCC(=O)N(C/C=C/c1ccccc1)CCN1CCCCC1. The van der Waals surface area contributed by atoms with Crippen LogP contribution in [0.15, 0.2) is 36.4 Å². The predicted molar refractivity (Wildman–Crippen MR) is 143 cm³/mol. The van der Waals surface area contributed by atoms with Crippen LogP contribution in [-0.4, -0.2) is 48.4 Å². The van der Waals surface area contributed by atoms with Crippen molar-refractivity contribution in [2.24, 2.45) is 0 Å². The molecule has 0 bridgehead atoms. The van der Waals surface area contributed by atoms with Crippen molar-refractivity contribution in [3.63, 3.8) is 0 Å². The standard InChI is InChI=1S/C30H50N2O/c1-2-3-4-5-6-7-8-9-10-11-16-23-30(33)32(28-27-31-24-17-13-18-25-31)26-19-22-29-20-14-12-15-21-29/h12,14-15,19-22H,2-11,13,16-18,23-28H2,1H3/b22-19+. The lowest BCUT2D eigenvalue weighted by atomic mass is 10.1. The number of hydrogen-bond acceptors (Lipinski definition) is 2. The van der Waals surface area contributed by atoms with Crippen molar-refractivity contribution >= 4 is 12.0 Å². The Morgan fingerprint density at radius 1 is 0.848 bits per heavy atom. The molecule has 1 heterocycles. The van der Waals surface area contributed by atoms with Gasteiger partial charge in [0.2, 0.25) is 5.91 Å². The Kier molecular flexibility index (Phi) is 15.7. The van der Waals surface area contributed by atoms with Crippen molar-refractivity contribution in [2.45, 2.75) is 103 Å². The molecule has 1 saturated heterocycles. The summed E-state index contributed by atoms with van der Waals surface area (Å²) >= 11 is 0. The maximum Gasteiger partial charge on any atom is 0.222 e. The lowest BCUT2D eigenvalue weighted by Crippen LogP contribution is -2.40. The van der Waals surface area contributed by atoms with Gasteiger partial charge in [-0.2, -0.15) is 0 Å². The van der Waals surface area contributed by atoms with Gasteiger partial charge in [-0.3, -0.25) is 4.79 Å². The monoisotopic (exact) mass is 454 g/mol. The van der Waals surface area contributed by atoms with Gasteiger partial charge in [0.1, 0.15) is 0 Å². The van der Waals surface area contributed by atoms with Gasteiger partial charge >= 0.3 is 0 Å². The summed E-state index contributed by atoms with van der Waals surface area (Å²) in [5.41, 5.74) is 1.20. The fourth-order valence-electron chi connectivity index (χ4n) is 4.74. The van der Waals surface area contributed by atoms with Crippen LogP contribution in [0.4, 0.5) is 0 Å². The van der Waals surface area contributed by atoms with E-state index >= 15 is 0 Å². The summed E-state index contributed by atoms with van der Waals surface area (Å²) in [7, 11) is 0. The molecule has 33 heavy (non-hydrogen) atoms. The number of amides is 1. The van der Waals surface area contributed by atoms with Crippen molar-refractivity contribution < 1.29 is 4.79 Å². The van der Waals surface area contributed by atoms with Gasteiger partial charge in [-0.1, -0.05) is 120 Å². The minimum Gasteiger partial charge on any atom is -0.338 e. The maximum atomic E-state index is 13.0. The minimum atomic E-state index is 0.334. The predicted octanol–water partition coefficient (Wildman–Crippen LogP) is 7.72. The van der Waals surface area contributed by atoms with Crippen LogP contribution in [0.1, 0.15) is 109 Å². The number of likely N-dealkylation sites (tertiary alicyclic amines) is 1. The molecule has 0 saturated carbocycles. The molecule has 3 nitrogen and oxygen atoms in total. The number of hydrogen-bond donors (Lipinski definition) is 0. The van der Waals surface area contributed by atoms with Crippen LogP contribution < -0.4 is 0 Å². The molecule has 186 valence electrons. The molecule has 1 aromatic rings. The number of rotatable bonds is 18.